The Morgan fingerprint density at radius 1 is 0.912 bits per heavy atom. The van der Waals surface area contributed by atoms with Crippen molar-refractivity contribution >= 4 is 23.8 Å². The van der Waals surface area contributed by atoms with E-state index >= 15 is 0 Å². The third kappa shape index (κ3) is 6.11. The van der Waals surface area contributed by atoms with E-state index in [0.717, 1.165) is 17.1 Å². The van der Waals surface area contributed by atoms with Gasteiger partial charge in [0.1, 0.15) is 24.7 Å². The molecule has 1 aromatic heterocycles. The van der Waals surface area contributed by atoms with Gasteiger partial charge < -0.3 is 14.8 Å². The zero-order chi connectivity index (χ0) is 23.8. The number of anilines is 1. The zero-order valence-corrected chi connectivity index (χ0v) is 19.7. The highest BCUT2D eigenvalue weighted by atomic mass is 32.1. The van der Waals surface area contributed by atoms with Crippen molar-refractivity contribution in [3.05, 3.63) is 101 Å². The number of carbonyl (C=O) groups is 1. The summed E-state index contributed by atoms with van der Waals surface area (Å²) in [6.07, 6.45) is 0. The van der Waals surface area contributed by atoms with Crippen LogP contribution in [0, 0.1) is 4.77 Å². The molecule has 0 aliphatic carbocycles. The minimum Gasteiger partial charge on any atom is -0.494 e. The van der Waals surface area contributed by atoms with Gasteiger partial charge in [0.05, 0.1) is 13.2 Å². The van der Waals surface area contributed by atoms with E-state index < -0.39 is 0 Å². The quantitative estimate of drug-likeness (QED) is 0.325. The average molecular weight is 475 g/mol. The van der Waals surface area contributed by atoms with Gasteiger partial charge in [-0.3, -0.25) is 9.36 Å². The molecular weight excluding hydrogens is 448 g/mol. The molecule has 0 atom stereocenters. The van der Waals surface area contributed by atoms with Crippen LogP contribution in [-0.4, -0.2) is 26.9 Å². The van der Waals surface area contributed by atoms with Crippen LogP contribution in [0.3, 0.4) is 0 Å². The fourth-order valence-electron chi connectivity index (χ4n) is 3.42. The summed E-state index contributed by atoms with van der Waals surface area (Å²) in [6.45, 7) is 3.27. The van der Waals surface area contributed by atoms with Crippen LogP contribution in [0.1, 0.15) is 18.3 Å². The van der Waals surface area contributed by atoms with Crippen molar-refractivity contribution in [1.29, 1.82) is 0 Å². The molecule has 7 nitrogen and oxygen atoms in total. The maximum Gasteiger partial charge on any atom is 0.246 e. The number of benzene rings is 3. The lowest BCUT2D eigenvalue weighted by Gasteiger charge is -2.08. The Balaban J connectivity index is 1.51. The SMILES string of the molecule is CCOc1ccc(NC(=O)Cn2nc(COc3ccccc3)n(Cc3ccccc3)c2=S)cc1. The summed E-state index contributed by atoms with van der Waals surface area (Å²) in [4.78, 5) is 12.7. The Morgan fingerprint density at radius 2 is 1.56 bits per heavy atom. The Kier molecular flexibility index (Phi) is 7.72. The Hall–Kier alpha value is -3.91. The van der Waals surface area contributed by atoms with Crippen LogP contribution in [0.25, 0.3) is 0 Å². The van der Waals surface area contributed by atoms with Crippen LogP contribution in [0.4, 0.5) is 5.69 Å². The highest BCUT2D eigenvalue weighted by molar-refractivity contribution is 7.71. The number of para-hydroxylation sites is 1. The summed E-state index contributed by atoms with van der Waals surface area (Å²) < 4.78 is 15.2. The highest BCUT2D eigenvalue weighted by Crippen LogP contribution is 2.16. The standard InChI is InChI=1S/C26H26N4O3S/c1-2-32-23-15-13-21(14-16-23)27-25(31)18-30-26(34)29(17-20-9-5-3-6-10-20)24(28-30)19-33-22-11-7-4-8-12-22/h3-16H,2,17-19H2,1H3,(H,27,31). The summed E-state index contributed by atoms with van der Waals surface area (Å²) in [5.74, 6) is 1.92. The number of amides is 1. The maximum atomic E-state index is 12.7. The number of rotatable bonds is 10. The first kappa shape index (κ1) is 23.3. The van der Waals surface area contributed by atoms with Crippen LogP contribution in [0.15, 0.2) is 84.9 Å². The second kappa shape index (κ2) is 11.3. The smallest absolute Gasteiger partial charge is 0.246 e. The molecule has 0 unspecified atom stereocenters. The van der Waals surface area contributed by atoms with Gasteiger partial charge >= 0.3 is 0 Å². The number of carbonyl (C=O) groups excluding carboxylic acids is 1. The molecule has 3 aromatic carbocycles. The molecule has 0 saturated carbocycles. The monoisotopic (exact) mass is 474 g/mol. The molecule has 1 amide bonds. The number of ether oxygens (including phenoxy) is 2. The van der Waals surface area contributed by atoms with Gasteiger partial charge in [0.25, 0.3) is 0 Å². The van der Waals surface area contributed by atoms with Gasteiger partial charge in [0.2, 0.25) is 5.91 Å². The molecule has 0 radical (unpaired) electrons. The van der Waals surface area contributed by atoms with Gasteiger partial charge in [-0.15, -0.1) is 0 Å². The van der Waals surface area contributed by atoms with E-state index in [4.69, 9.17) is 21.7 Å². The number of nitrogens with zero attached hydrogens (tertiary/aromatic N) is 3. The van der Waals surface area contributed by atoms with Crippen molar-refractivity contribution in [1.82, 2.24) is 14.3 Å². The molecule has 1 heterocycles. The molecule has 174 valence electrons. The Labute approximate surface area is 203 Å². The third-order valence-corrected chi connectivity index (χ3v) is 5.47. The van der Waals surface area contributed by atoms with E-state index in [2.05, 4.69) is 10.4 Å². The van der Waals surface area contributed by atoms with Gasteiger partial charge in [0.15, 0.2) is 10.6 Å². The van der Waals surface area contributed by atoms with Crippen molar-refractivity contribution in [2.75, 3.05) is 11.9 Å². The molecule has 4 aromatic rings. The number of nitrogens with one attached hydrogen (secondary N) is 1. The van der Waals surface area contributed by atoms with E-state index in [1.54, 1.807) is 12.1 Å². The molecule has 0 fully saturated rings. The predicted octanol–water partition coefficient (Wildman–Crippen LogP) is 5.08. The molecule has 8 heteroatoms. The minimum absolute atomic E-state index is 0.00777. The fraction of sp³-hybridized carbons (Fsp3) is 0.192. The summed E-state index contributed by atoms with van der Waals surface area (Å²) in [7, 11) is 0. The first-order valence-electron chi connectivity index (χ1n) is 11.0. The zero-order valence-electron chi connectivity index (χ0n) is 18.9. The molecule has 34 heavy (non-hydrogen) atoms. The summed E-state index contributed by atoms with van der Waals surface area (Å²) in [6, 6.07) is 26.8. The summed E-state index contributed by atoms with van der Waals surface area (Å²) in [5.41, 5.74) is 1.76. The molecule has 0 aliphatic rings. The molecule has 1 N–H and O–H groups in total. The van der Waals surface area contributed by atoms with E-state index in [1.807, 2.05) is 84.3 Å². The van der Waals surface area contributed by atoms with Gasteiger partial charge in [-0.05, 0) is 61.1 Å². The molecule has 0 saturated heterocycles. The normalized spacial score (nSPS) is 10.6. The van der Waals surface area contributed by atoms with Crippen LogP contribution >= 0.6 is 12.2 Å². The third-order valence-electron chi connectivity index (χ3n) is 5.04. The van der Waals surface area contributed by atoms with Crippen molar-refractivity contribution in [2.45, 2.75) is 26.6 Å². The van der Waals surface area contributed by atoms with Crippen LogP contribution in [0.2, 0.25) is 0 Å². The Bertz CT molecular complexity index is 1270. The second-order valence-electron chi connectivity index (χ2n) is 7.54. The molecule has 4 rings (SSSR count). The topological polar surface area (TPSA) is 70.3 Å². The van der Waals surface area contributed by atoms with Crippen molar-refractivity contribution in [3.8, 4) is 11.5 Å². The average Bonchev–Trinajstić information content (AvgIpc) is 3.14. The summed E-state index contributed by atoms with van der Waals surface area (Å²) in [5, 5.41) is 7.49. The van der Waals surface area contributed by atoms with Crippen LogP contribution in [0.5, 0.6) is 11.5 Å². The van der Waals surface area contributed by atoms with Crippen molar-refractivity contribution in [3.63, 3.8) is 0 Å². The minimum atomic E-state index is -0.222. The first-order valence-corrected chi connectivity index (χ1v) is 11.4. The number of aromatic nitrogens is 3. The fourth-order valence-corrected chi connectivity index (χ4v) is 3.70. The van der Waals surface area contributed by atoms with E-state index in [-0.39, 0.29) is 19.1 Å². The van der Waals surface area contributed by atoms with E-state index in [0.29, 0.717) is 29.4 Å². The maximum absolute atomic E-state index is 12.7. The second-order valence-corrected chi connectivity index (χ2v) is 7.90. The first-order chi connectivity index (χ1) is 16.6. The highest BCUT2D eigenvalue weighted by Gasteiger charge is 2.15. The Morgan fingerprint density at radius 3 is 2.24 bits per heavy atom. The van der Waals surface area contributed by atoms with Crippen LogP contribution in [-0.2, 0) is 24.5 Å². The molecule has 0 bridgehead atoms. The summed E-state index contributed by atoms with van der Waals surface area (Å²) >= 11 is 5.68. The lowest BCUT2D eigenvalue weighted by atomic mass is 10.2. The predicted molar refractivity (Wildman–Crippen MR) is 134 cm³/mol. The van der Waals surface area contributed by atoms with Crippen molar-refractivity contribution < 1.29 is 14.3 Å². The molecule has 0 aliphatic heterocycles. The number of hydrogen-bond acceptors (Lipinski definition) is 5. The van der Waals surface area contributed by atoms with Gasteiger partial charge in [0, 0.05) is 5.69 Å². The lowest BCUT2D eigenvalue weighted by Crippen LogP contribution is -2.20. The lowest BCUT2D eigenvalue weighted by molar-refractivity contribution is -0.116. The van der Waals surface area contributed by atoms with Gasteiger partial charge in [-0.25, -0.2) is 4.68 Å². The van der Waals surface area contributed by atoms with Gasteiger partial charge in [-0.2, -0.15) is 5.10 Å². The molecule has 0 spiro atoms. The van der Waals surface area contributed by atoms with Crippen LogP contribution < -0.4 is 14.8 Å². The van der Waals surface area contributed by atoms with E-state index in [1.165, 1.54) is 4.68 Å². The van der Waals surface area contributed by atoms with Gasteiger partial charge in [-0.1, -0.05) is 48.5 Å². The van der Waals surface area contributed by atoms with Crippen molar-refractivity contribution in [2.24, 2.45) is 0 Å². The van der Waals surface area contributed by atoms with E-state index in [9.17, 15) is 4.79 Å². The largest absolute Gasteiger partial charge is 0.494 e. The number of hydrogen-bond donors (Lipinski definition) is 1. The molecular formula is C26H26N4O3S.